The number of hydrogen-bond donors (Lipinski definition) is 2. The first-order valence-electron chi connectivity index (χ1n) is 5.45. The van der Waals surface area contributed by atoms with Crippen LogP contribution in [-0.2, 0) is 22.2 Å². The van der Waals surface area contributed by atoms with Crippen LogP contribution in [0.1, 0.15) is 23.9 Å². The summed E-state index contributed by atoms with van der Waals surface area (Å²) in [4.78, 5) is 0. The molecule has 0 unspecified atom stereocenters. The minimum Gasteiger partial charge on any atom is -0.361 e. The van der Waals surface area contributed by atoms with E-state index >= 15 is 0 Å². The van der Waals surface area contributed by atoms with Gasteiger partial charge in [0, 0.05) is 11.6 Å². The van der Waals surface area contributed by atoms with Gasteiger partial charge in [-0.25, -0.2) is 8.42 Å². The van der Waals surface area contributed by atoms with Gasteiger partial charge < -0.3 is 4.52 Å². The molecule has 0 aliphatic heterocycles. The van der Waals surface area contributed by atoms with Crippen molar-refractivity contribution in [2.45, 2.75) is 26.0 Å². The van der Waals surface area contributed by atoms with Crippen molar-refractivity contribution in [1.29, 1.82) is 0 Å². The normalized spacial score (nSPS) is 11.7. The van der Waals surface area contributed by atoms with Gasteiger partial charge in [-0.05, 0) is 13.3 Å². The molecule has 18 heavy (non-hydrogen) atoms. The highest BCUT2D eigenvalue weighted by Gasteiger charge is 2.17. The lowest BCUT2D eigenvalue weighted by Crippen LogP contribution is -2.16. The van der Waals surface area contributed by atoms with Gasteiger partial charge in [0.25, 0.3) is 0 Å². The maximum absolute atomic E-state index is 11.9. The van der Waals surface area contributed by atoms with Crippen LogP contribution in [-0.4, -0.2) is 23.8 Å². The second-order valence-corrected chi connectivity index (χ2v) is 5.64. The highest BCUT2D eigenvalue weighted by Crippen LogP contribution is 2.15. The molecule has 2 rings (SSSR count). The van der Waals surface area contributed by atoms with Crippen LogP contribution >= 0.6 is 0 Å². The molecule has 98 valence electrons. The van der Waals surface area contributed by atoms with E-state index in [4.69, 9.17) is 4.52 Å². The minimum atomic E-state index is -3.52. The molecular weight excluding hydrogens is 256 g/mol. The van der Waals surface area contributed by atoms with E-state index in [2.05, 4.69) is 20.1 Å². The van der Waals surface area contributed by atoms with Crippen LogP contribution in [0.5, 0.6) is 0 Å². The molecule has 7 nitrogen and oxygen atoms in total. The Balaban J connectivity index is 2.12. The zero-order valence-electron chi connectivity index (χ0n) is 10.1. The number of hydrogen-bond acceptors (Lipinski definition) is 5. The van der Waals surface area contributed by atoms with Crippen molar-refractivity contribution in [3.8, 4) is 0 Å². The van der Waals surface area contributed by atoms with Crippen LogP contribution in [0, 0.1) is 6.92 Å². The summed E-state index contributed by atoms with van der Waals surface area (Å²) in [6.07, 6.45) is 2.29. The van der Waals surface area contributed by atoms with E-state index < -0.39 is 10.0 Å². The SMILES string of the molecule is CCc1cn[nH]c1NS(=O)(=O)Cc1cc(C)on1. The highest BCUT2D eigenvalue weighted by molar-refractivity contribution is 7.91. The number of aromatic nitrogens is 3. The van der Waals surface area contributed by atoms with Crippen molar-refractivity contribution < 1.29 is 12.9 Å². The molecule has 0 saturated heterocycles. The molecule has 2 N–H and O–H groups in total. The molecule has 0 radical (unpaired) electrons. The Hall–Kier alpha value is -1.83. The number of rotatable bonds is 5. The number of aryl methyl sites for hydroxylation is 2. The average molecular weight is 270 g/mol. The molecule has 0 spiro atoms. The first-order valence-corrected chi connectivity index (χ1v) is 7.10. The standard InChI is InChI=1S/C10H14N4O3S/c1-3-8-5-11-12-10(8)14-18(15,16)6-9-4-7(2)17-13-9/h4-5H,3,6H2,1-2H3,(H2,11,12,14). The van der Waals surface area contributed by atoms with Crippen LogP contribution in [0.4, 0.5) is 5.82 Å². The third kappa shape index (κ3) is 2.89. The summed E-state index contributed by atoms with van der Waals surface area (Å²) >= 11 is 0. The maximum Gasteiger partial charge on any atom is 0.239 e. The van der Waals surface area contributed by atoms with Crippen molar-refractivity contribution in [1.82, 2.24) is 15.4 Å². The zero-order chi connectivity index (χ0) is 13.2. The molecule has 0 amide bonds. The molecule has 0 saturated carbocycles. The molecule has 0 aliphatic carbocycles. The lowest BCUT2D eigenvalue weighted by atomic mass is 10.3. The molecule has 2 aromatic heterocycles. The minimum absolute atomic E-state index is 0.230. The summed E-state index contributed by atoms with van der Waals surface area (Å²) in [6.45, 7) is 3.63. The van der Waals surface area contributed by atoms with Gasteiger partial charge in [0.15, 0.2) is 0 Å². The van der Waals surface area contributed by atoms with E-state index in [1.807, 2.05) is 6.92 Å². The largest absolute Gasteiger partial charge is 0.361 e. The molecule has 0 fully saturated rings. The van der Waals surface area contributed by atoms with E-state index in [-0.39, 0.29) is 5.75 Å². The molecule has 0 atom stereocenters. The summed E-state index contributed by atoms with van der Waals surface area (Å²) in [5.74, 6) is 0.751. The van der Waals surface area contributed by atoms with E-state index in [0.29, 0.717) is 23.7 Å². The predicted molar refractivity (Wildman–Crippen MR) is 65.5 cm³/mol. The lowest BCUT2D eigenvalue weighted by molar-refractivity contribution is 0.392. The van der Waals surface area contributed by atoms with Gasteiger partial charge in [-0.3, -0.25) is 9.82 Å². The third-order valence-electron chi connectivity index (χ3n) is 2.37. The van der Waals surface area contributed by atoms with E-state index in [1.165, 1.54) is 0 Å². The molecule has 0 bridgehead atoms. The number of nitrogens with zero attached hydrogens (tertiary/aromatic N) is 2. The van der Waals surface area contributed by atoms with E-state index in [0.717, 1.165) is 5.56 Å². The number of H-pyrrole nitrogens is 1. The number of anilines is 1. The van der Waals surface area contributed by atoms with Gasteiger partial charge in [-0.15, -0.1) is 0 Å². The van der Waals surface area contributed by atoms with Crippen LogP contribution in [0.15, 0.2) is 16.8 Å². The number of sulfonamides is 1. The Morgan fingerprint density at radius 2 is 2.28 bits per heavy atom. The first-order chi connectivity index (χ1) is 8.50. The van der Waals surface area contributed by atoms with Gasteiger partial charge in [0.05, 0.1) is 6.20 Å². The topological polar surface area (TPSA) is 101 Å². The van der Waals surface area contributed by atoms with Crippen LogP contribution < -0.4 is 4.72 Å². The highest BCUT2D eigenvalue weighted by atomic mass is 32.2. The van der Waals surface area contributed by atoms with Gasteiger partial charge in [0.2, 0.25) is 10.0 Å². The van der Waals surface area contributed by atoms with Crippen molar-refractivity contribution in [3.05, 3.63) is 29.3 Å². The van der Waals surface area contributed by atoms with Crippen molar-refractivity contribution in [3.63, 3.8) is 0 Å². The Kier molecular flexibility index (Phi) is 3.37. The first kappa shape index (κ1) is 12.6. The average Bonchev–Trinajstić information content (AvgIpc) is 2.86. The zero-order valence-corrected chi connectivity index (χ0v) is 10.9. The fourth-order valence-electron chi connectivity index (χ4n) is 1.54. The molecule has 0 aliphatic rings. The lowest BCUT2D eigenvalue weighted by Gasteiger charge is -2.05. The summed E-state index contributed by atoms with van der Waals surface area (Å²) in [5, 5.41) is 10.1. The van der Waals surface area contributed by atoms with Gasteiger partial charge in [-0.2, -0.15) is 5.10 Å². The Morgan fingerprint density at radius 1 is 1.50 bits per heavy atom. The Morgan fingerprint density at radius 3 is 2.89 bits per heavy atom. The second-order valence-electron chi connectivity index (χ2n) is 3.91. The van der Waals surface area contributed by atoms with Crippen molar-refractivity contribution >= 4 is 15.8 Å². The van der Waals surface area contributed by atoms with E-state index in [9.17, 15) is 8.42 Å². The third-order valence-corrected chi connectivity index (χ3v) is 3.56. The smallest absolute Gasteiger partial charge is 0.239 e. The van der Waals surface area contributed by atoms with Crippen molar-refractivity contribution in [2.75, 3.05) is 4.72 Å². The van der Waals surface area contributed by atoms with Crippen LogP contribution in [0.2, 0.25) is 0 Å². The summed E-state index contributed by atoms with van der Waals surface area (Å²) in [5.41, 5.74) is 1.19. The molecular formula is C10H14N4O3S. The summed E-state index contributed by atoms with van der Waals surface area (Å²) < 4.78 is 31.1. The second kappa shape index (κ2) is 4.81. The summed E-state index contributed by atoms with van der Waals surface area (Å²) in [6, 6.07) is 1.59. The molecule has 2 heterocycles. The fourth-order valence-corrected chi connectivity index (χ4v) is 2.63. The maximum atomic E-state index is 11.9. The predicted octanol–water partition coefficient (Wildman–Crippen LogP) is 1.21. The van der Waals surface area contributed by atoms with Gasteiger partial charge >= 0.3 is 0 Å². The monoisotopic (exact) mass is 270 g/mol. The Bertz CT molecular complexity index is 629. The Labute approximate surface area is 105 Å². The van der Waals surface area contributed by atoms with Crippen molar-refractivity contribution in [2.24, 2.45) is 0 Å². The van der Waals surface area contributed by atoms with Crippen LogP contribution in [0.3, 0.4) is 0 Å². The molecule has 8 heteroatoms. The number of aromatic amines is 1. The van der Waals surface area contributed by atoms with Gasteiger partial charge in [0.1, 0.15) is 23.0 Å². The summed E-state index contributed by atoms with van der Waals surface area (Å²) in [7, 11) is -3.52. The quantitative estimate of drug-likeness (QED) is 0.850. The number of nitrogens with one attached hydrogen (secondary N) is 2. The molecule has 2 aromatic rings. The van der Waals surface area contributed by atoms with Crippen LogP contribution in [0.25, 0.3) is 0 Å². The fraction of sp³-hybridized carbons (Fsp3) is 0.400. The van der Waals surface area contributed by atoms with Gasteiger partial charge in [-0.1, -0.05) is 12.1 Å². The molecule has 0 aromatic carbocycles. The van der Waals surface area contributed by atoms with E-state index in [1.54, 1.807) is 19.2 Å².